The Kier molecular flexibility index (Phi) is 10.9. The van der Waals surface area contributed by atoms with Gasteiger partial charge in [0.25, 0.3) is 0 Å². The number of hydrogen-bond donors (Lipinski definition) is 1. The van der Waals surface area contributed by atoms with Crippen molar-refractivity contribution in [1.29, 1.82) is 0 Å². The topological polar surface area (TPSA) is 47.9 Å². The first-order chi connectivity index (χ1) is 8.12. The van der Waals surface area contributed by atoms with Crippen molar-refractivity contribution < 1.29 is 19.3 Å². The molecular weight excluding hydrogens is 220 g/mol. The quantitative estimate of drug-likeness (QED) is 0.537. The third kappa shape index (κ3) is 12.1. The van der Waals surface area contributed by atoms with Crippen LogP contribution in [0.2, 0.25) is 0 Å². The summed E-state index contributed by atoms with van der Waals surface area (Å²) in [5.74, 6) is 0. The summed E-state index contributed by atoms with van der Waals surface area (Å²) in [6, 6.07) is 0. The third-order valence-electron chi connectivity index (χ3n) is 2.46. The van der Waals surface area contributed by atoms with Crippen LogP contribution < -0.4 is 0 Å². The van der Waals surface area contributed by atoms with Gasteiger partial charge in [-0.15, -0.1) is 0 Å². The van der Waals surface area contributed by atoms with Crippen LogP contribution in [0.3, 0.4) is 0 Å². The van der Waals surface area contributed by atoms with Crippen molar-refractivity contribution in [3.05, 3.63) is 0 Å². The van der Waals surface area contributed by atoms with E-state index in [-0.39, 0.29) is 12.2 Å². The first kappa shape index (κ1) is 16.8. The van der Waals surface area contributed by atoms with E-state index in [1.54, 1.807) is 0 Å². The highest BCUT2D eigenvalue weighted by Gasteiger charge is 2.16. The second-order valence-corrected chi connectivity index (χ2v) is 4.66. The van der Waals surface area contributed by atoms with Crippen molar-refractivity contribution in [3.8, 4) is 0 Å². The molecule has 4 nitrogen and oxygen atoms in total. The van der Waals surface area contributed by atoms with Crippen LogP contribution in [0, 0.1) is 0 Å². The first-order valence-corrected chi connectivity index (χ1v) is 6.52. The van der Waals surface area contributed by atoms with Crippen LogP contribution in [-0.2, 0) is 14.2 Å². The molecule has 0 amide bonds. The van der Waals surface area contributed by atoms with Crippen molar-refractivity contribution in [1.82, 2.24) is 0 Å². The summed E-state index contributed by atoms with van der Waals surface area (Å²) in [5, 5.41) is 8.48. The molecule has 0 spiro atoms. The maximum Gasteiger partial charge on any atom is 0.0707 e. The molecule has 0 rings (SSSR count). The fraction of sp³-hybridized carbons (Fsp3) is 1.00. The predicted molar refractivity (Wildman–Crippen MR) is 68.3 cm³/mol. The molecule has 0 radical (unpaired) electrons. The number of hydrogen-bond acceptors (Lipinski definition) is 4. The Morgan fingerprint density at radius 3 is 2.12 bits per heavy atom. The Hall–Kier alpha value is -0.160. The van der Waals surface area contributed by atoms with E-state index in [1.807, 2.05) is 0 Å². The van der Waals surface area contributed by atoms with Crippen molar-refractivity contribution in [3.63, 3.8) is 0 Å². The molecule has 0 aromatic carbocycles. The van der Waals surface area contributed by atoms with Gasteiger partial charge in [-0.05, 0) is 20.3 Å². The lowest BCUT2D eigenvalue weighted by atomic mass is 10.0. The average molecular weight is 248 g/mol. The molecule has 1 N–H and O–H groups in total. The Morgan fingerprint density at radius 1 is 0.941 bits per heavy atom. The number of unbranched alkanes of at least 4 members (excludes halogenated alkanes) is 1. The summed E-state index contributed by atoms with van der Waals surface area (Å²) in [7, 11) is 0. The summed E-state index contributed by atoms with van der Waals surface area (Å²) in [6.07, 6.45) is 3.48. The van der Waals surface area contributed by atoms with Gasteiger partial charge in [-0.3, -0.25) is 0 Å². The summed E-state index contributed by atoms with van der Waals surface area (Å²) in [5.41, 5.74) is -0.0489. The monoisotopic (exact) mass is 248 g/mol. The van der Waals surface area contributed by atoms with E-state index >= 15 is 0 Å². The fourth-order valence-corrected chi connectivity index (χ4v) is 1.44. The van der Waals surface area contributed by atoms with Crippen LogP contribution in [-0.4, -0.2) is 50.3 Å². The lowest BCUT2D eigenvalue weighted by molar-refractivity contribution is -0.0574. The van der Waals surface area contributed by atoms with Gasteiger partial charge in [-0.1, -0.05) is 19.8 Å². The Morgan fingerprint density at radius 2 is 1.53 bits per heavy atom. The summed E-state index contributed by atoms with van der Waals surface area (Å²) >= 11 is 0. The van der Waals surface area contributed by atoms with E-state index in [9.17, 15) is 0 Å². The molecule has 0 fully saturated rings. The molecule has 0 aliphatic rings. The number of ether oxygens (including phenoxy) is 3. The van der Waals surface area contributed by atoms with E-state index < -0.39 is 0 Å². The van der Waals surface area contributed by atoms with Gasteiger partial charge < -0.3 is 19.3 Å². The zero-order chi connectivity index (χ0) is 13.0. The number of rotatable bonds is 12. The Labute approximate surface area is 105 Å². The van der Waals surface area contributed by atoms with Gasteiger partial charge in [0, 0.05) is 0 Å². The van der Waals surface area contributed by atoms with Crippen molar-refractivity contribution in [2.45, 2.75) is 45.6 Å². The molecule has 4 heteroatoms. The highest BCUT2D eigenvalue weighted by Crippen LogP contribution is 2.17. The van der Waals surface area contributed by atoms with Crippen LogP contribution in [0.4, 0.5) is 0 Å². The molecule has 0 aliphatic heterocycles. The maximum atomic E-state index is 8.48. The van der Waals surface area contributed by atoms with Gasteiger partial charge in [0.1, 0.15) is 0 Å². The maximum absolute atomic E-state index is 8.48. The first-order valence-electron chi connectivity index (χ1n) is 6.52. The smallest absolute Gasteiger partial charge is 0.0707 e. The van der Waals surface area contributed by atoms with Gasteiger partial charge in [0.15, 0.2) is 0 Å². The van der Waals surface area contributed by atoms with Crippen molar-refractivity contribution in [2.75, 3.05) is 39.6 Å². The van der Waals surface area contributed by atoms with E-state index in [0.29, 0.717) is 33.0 Å². The van der Waals surface area contributed by atoms with Crippen LogP contribution in [0.25, 0.3) is 0 Å². The molecule has 0 aromatic heterocycles. The van der Waals surface area contributed by atoms with Crippen molar-refractivity contribution in [2.24, 2.45) is 0 Å². The van der Waals surface area contributed by atoms with Crippen LogP contribution >= 0.6 is 0 Å². The van der Waals surface area contributed by atoms with E-state index in [1.165, 1.54) is 12.8 Å². The van der Waals surface area contributed by atoms with Gasteiger partial charge in [-0.25, -0.2) is 0 Å². The molecule has 0 atom stereocenters. The highest BCUT2D eigenvalue weighted by atomic mass is 16.6. The molecule has 104 valence electrons. The molecule has 0 saturated carbocycles. The van der Waals surface area contributed by atoms with E-state index in [2.05, 4.69) is 20.8 Å². The van der Waals surface area contributed by atoms with Gasteiger partial charge in [0.05, 0.1) is 45.2 Å². The van der Waals surface area contributed by atoms with Crippen molar-refractivity contribution >= 4 is 0 Å². The normalized spacial score (nSPS) is 12.0. The lowest BCUT2D eigenvalue weighted by Crippen LogP contribution is -2.26. The minimum Gasteiger partial charge on any atom is -0.394 e. The minimum absolute atomic E-state index is 0.0489. The number of aliphatic hydroxyl groups excluding tert-OH is 1. The third-order valence-corrected chi connectivity index (χ3v) is 2.46. The lowest BCUT2D eigenvalue weighted by Gasteiger charge is -2.25. The van der Waals surface area contributed by atoms with Crippen LogP contribution in [0.15, 0.2) is 0 Å². The summed E-state index contributed by atoms with van der Waals surface area (Å²) in [4.78, 5) is 0. The van der Waals surface area contributed by atoms with Gasteiger partial charge in [0.2, 0.25) is 0 Å². The Balaban J connectivity index is 3.26. The molecular formula is C13H28O4. The fourth-order valence-electron chi connectivity index (χ4n) is 1.44. The van der Waals surface area contributed by atoms with E-state index in [0.717, 1.165) is 6.42 Å². The summed E-state index contributed by atoms with van der Waals surface area (Å²) < 4.78 is 16.2. The zero-order valence-electron chi connectivity index (χ0n) is 11.5. The zero-order valence-corrected chi connectivity index (χ0v) is 11.5. The minimum atomic E-state index is -0.0489. The molecule has 17 heavy (non-hydrogen) atoms. The largest absolute Gasteiger partial charge is 0.394 e. The second-order valence-electron chi connectivity index (χ2n) is 4.66. The molecule has 0 aromatic rings. The second kappa shape index (κ2) is 11.0. The summed E-state index contributed by atoms with van der Waals surface area (Å²) in [6.45, 7) is 9.16. The number of aliphatic hydroxyl groups is 1. The van der Waals surface area contributed by atoms with Crippen LogP contribution in [0.1, 0.15) is 40.0 Å². The molecule has 0 heterocycles. The van der Waals surface area contributed by atoms with Gasteiger partial charge in [-0.2, -0.15) is 0 Å². The molecule has 0 bridgehead atoms. The molecule has 0 unspecified atom stereocenters. The average Bonchev–Trinajstić information content (AvgIpc) is 2.30. The SMILES string of the molecule is CCCCC(C)(C)OCCOCCOCCO. The van der Waals surface area contributed by atoms with Gasteiger partial charge >= 0.3 is 0 Å². The predicted octanol–water partition coefficient (Wildman–Crippen LogP) is 2.00. The van der Waals surface area contributed by atoms with Crippen LogP contribution in [0.5, 0.6) is 0 Å². The molecule has 0 aliphatic carbocycles. The van der Waals surface area contributed by atoms with E-state index in [4.69, 9.17) is 19.3 Å². The highest BCUT2D eigenvalue weighted by molar-refractivity contribution is 4.67. The Bertz CT molecular complexity index is 159. The molecule has 0 saturated heterocycles. The standard InChI is InChI=1S/C13H28O4/c1-4-5-6-13(2,3)17-12-11-16-10-9-15-8-7-14/h14H,4-12H2,1-3H3.